The molecule has 0 radical (unpaired) electrons. The Morgan fingerprint density at radius 1 is 0.962 bits per heavy atom. The highest BCUT2D eigenvalue weighted by Crippen LogP contribution is 2.26. The van der Waals surface area contributed by atoms with Crippen LogP contribution in [-0.2, 0) is 17.6 Å². The number of nitrogens with zero attached hydrogens (tertiary/aromatic N) is 1. The van der Waals surface area contributed by atoms with Crippen molar-refractivity contribution in [2.24, 2.45) is 0 Å². The van der Waals surface area contributed by atoms with E-state index in [1.807, 2.05) is 30.3 Å². The Bertz CT molecular complexity index is 742. The van der Waals surface area contributed by atoms with Gasteiger partial charge in [0, 0.05) is 7.05 Å². The Morgan fingerprint density at radius 2 is 1.65 bits per heavy atom. The first-order chi connectivity index (χ1) is 12.7. The quantitative estimate of drug-likeness (QED) is 0.730. The number of likely N-dealkylation sites (N-methyl/N-ethyl adjacent to an activating group) is 1. The van der Waals surface area contributed by atoms with Gasteiger partial charge in [-0.15, -0.1) is 0 Å². The van der Waals surface area contributed by atoms with Crippen LogP contribution in [0.2, 0.25) is 0 Å². The first-order valence-electron chi connectivity index (χ1n) is 8.91. The van der Waals surface area contributed by atoms with Crippen LogP contribution in [0.1, 0.15) is 17.5 Å². The van der Waals surface area contributed by atoms with Gasteiger partial charge in [-0.1, -0.05) is 6.07 Å². The minimum atomic E-state index is -0.0659. The number of methoxy groups -OCH3 is 1. The number of hydrogen-bond donors (Lipinski definition) is 0. The summed E-state index contributed by atoms with van der Waals surface area (Å²) in [5.74, 6) is 2.24. The van der Waals surface area contributed by atoms with Crippen LogP contribution in [-0.4, -0.2) is 44.7 Å². The maximum Gasteiger partial charge on any atom is 0.260 e. The molecule has 0 fully saturated rings. The fraction of sp³-hybridized carbons (Fsp3) is 0.381. The Morgan fingerprint density at radius 3 is 2.42 bits per heavy atom. The molecule has 5 heteroatoms. The summed E-state index contributed by atoms with van der Waals surface area (Å²) >= 11 is 0. The summed E-state index contributed by atoms with van der Waals surface area (Å²) in [6.45, 7) is 0.962. The molecule has 0 N–H and O–H groups in total. The lowest BCUT2D eigenvalue weighted by atomic mass is 10.1. The Hall–Kier alpha value is -2.69. The van der Waals surface area contributed by atoms with Crippen LogP contribution >= 0.6 is 0 Å². The van der Waals surface area contributed by atoms with Crippen molar-refractivity contribution in [3.63, 3.8) is 0 Å². The summed E-state index contributed by atoms with van der Waals surface area (Å²) in [7, 11) is 3.38. The van der Waals surface area contributed by atoms with Gasteiger partial charge >= 0.3 is 0 Å². The van der Waals surface area contributed by atoms with Gasteiger partial charge in [-0.2, -0.15) is 0 Å². The molecule has 1 amide bonds. The minimum absolute atomic E-state index is 0.0395. The van der Waals surface area contributed by atoms with Gasteiger partial charge in [0.05, 0.1) is 13.7 Å². The third-order valence-corrected chi connectivity index (χ3v) is 4.61. The Balaban J connectivity index is 1.40. The second-order valence-corrected chi connectivity index (χ2v) is 6.41. The number of benzene rings is 2. The number of carbonyl (C=O) groups excluding carboxylic acids is 1. The Kier molecular flexibility index (Phi) is 6.00. The van der Waals surface area contributed by atoms with Crippen LogP contribution < -0.4 is 14.2 Å². The lowest BCUT2D eigenvalue weighted by molar-refractivity contribution is -0.132. The van der Waals surface area contributed by atoms with Crippen LogP contribution in [0.15, 0.2) is 42.5 Å². The summed E-state index contributed by atoms with van der Waals surface area (Å²) in [5, 5.41) is 0. The minimum Gasteiger partial charge on any atom is -0.497 e. The molecule has 0 saturated carbocycles. The van der Waals surface area contributed by atoms with E-state index in [2.05, 4.69) is 12.1 Å². The van der Waals surface area contributed by atoms with Crippen molar-refractivity contribution in [1.29, 1.82) is 0 Å². The van der Waals surface area contributed by atoms with Crippen LogP contribution in [0.5, 0.6) is 17.2 Å². The average Bonchev–Trinajstić information content (AvgIpc) is 3.14. The molecule has 0 heterocycles. The van der Waals surface area contributed by atoms with Gasteiger partial charge in [0.1, 0.15) is 23.9 Å². The smallest absolute Gasteiger partial charge is 0.260 e. The van der Waals surface area contributed by atoms with Crippen molar-refractivity contribution in [3.8, 4) is 17.2 Å². The van der Waals surface area contributed by atoms with E-state index in [0.29, 0.717) is 13.2 Å². The lowest BCUT2D eigenvalue weighted by Crippen LogP contribution is -2.34. The fourth-order valence-corrected chi connectivity index (χ4v) is 2.99. The summed E-state index contributed by atoms with van der Waals surface area (Å²) in [5.41, 5.74) is 2.74. The molecule has 1 aliphatic carbocycles. The molecular formula is C21H25NO4. The number of ether oxygens (including phenoxy) is 3. The molecule has 5 nitrogen and oxygen atoms in total. The molecule has 26 heavy (non-hydrogen) atoms. The second kappa shape index (κ2) is 8.61. The molecule has 0 atom stereocenters. The normalized spacial score (nSPS) is 12.4. The third-order valence-electron chi connectivity index (χ3n) is 4.61. The lowest BCUT2D eigenvalue weighted by Gasteiger charge is -2.18. The monoisotopic (exact) mass is 355 g/mol. The molecule has 0 saturated heterocycles. The zero-order valence-corrected chi connectivity index (χ0v) is 15.4. The highest BCUT2D eigenvalue weighted by molar-refractivity contribution is 5.77. The molecule has 0 bridgehead atoms. The van der Waals surface area contributed by atoms with E-state index in [-0.39, 0.29) is 12.5 Å². The molecule has 1 aliphatic rings. The van der Waals surface area contributed by atoms with Crippen molar-refractivity contribution in [3.05, 3.63) is 53.6 Å². The molecule has 0 aliphatic heterocycles. The fourth-order valence-electron chi connectivity index (χ4n) is 2.99. The molecule has 3 rings (SSSR count). The van der Waals surface area contributed by atoms with E-state index in [1.54, 1.807) is 19.1 Å². The summed E-state index contributed by atoms with van der Waals surface area (Å²) in [4.78, 5) is 13.8. The second-order valence-electron chi connectivity index (χ2n) is 6.41. The number of amides is 1. The maximum atomic E-state index is 12.2. The molecule has 0 spiro atoms. The van der Waals surface area contributed by atoms with Crippen LogP contribution in [0.3, 0.4) is 0 Å². The summed E-state index contributed by atoms with van der Waals surface area (Å²) in [6.07, 6.45) is 3.45. The van der Waals surface area contributed by atoms with Crippen molar-refractivity contribution >= 4 is 5.91 Å². The van der Waals surface area contributed by atoms with Gasteiger partial charge in [0.2, 0.25) is 0 Å². The largest absolute Gasteiger partial charge is 0.497 e. The van der Waals surface area contributed by atoms with E-state index >= 15 is 0 Å². The van der Waals surface area contributed by atoms with E-state index < -0.39 is 0 Å². The van der Waals surface area contributed by atoms with Gasteiger partial charge in [0.15, 0.2) is 6.61 Å². The number of fused-ring (bicyclic) bond motifs is 1. The van der Waals surface area contributed by atoms with Crippen molar-refractivity contribution in [1.82, 2.24) is 4.90 Å². The zero-order valence-electron chi connectivity index (χ0n) is 15.4. The van der Waals surface area contributed by atoms with E-state index in [9.17, 15) is 4.79 Å². The first kappa shape index (κ1) is 18.1. The molecule has 0 unspecified atom stereocenters. The van der Waals surface area contributed by atoms with Crippen molar-refractivity contribution < 1.29 is 19.0 Å². The van der Waals surface area contributed by atoms with Crippen LogP contribution in [0, 0.1) is 0 Å². The zero-order chi connectivity index (χ0) is 18.4. The number of aryl methyl sites for hydroxylation is 2. The van der Waals surface area contributed by atoms with Gasteiger partial charge in [0.25, 0.3) is 5.91 Å². The highest BCUT2D eigenvalue weighted by atomic mass is 16.5. The summed E-state index contributed by atoms with van der Waals surface area (Å²) < 4.78 is 16.4. The first-order valence-corrected chi connectivity index (χ1v) is 8.91. The maximum absolute atomic E-state index is 12.2. The van der Waals surface area contributed by atoms with Crippen LogP contribution in [0.25, 0.3) is 0 Å². The van der Waals surface area contributed by atoms with E-state index in [4.69, 9.17) is 14.2 Å². The number of rotatable bonds is 8. The predicted octanol–water partition coefficient (Wildman–Crippen LogP) is 3.10. The SMILES string of the molecule is COc1ccc(OCCN(C)C(=O)COc2ccc3c(c2)CCC3)cc1. The summed E-state index contributed by atoms with van der Waals surface area (Å²) in [6, 6.07) is 13.5. The molecule has 2 aromatic rings. The van der Waals surface area contributed by atoms with Gasteiger partial charge in [-0.3, -0.25) is 4.79 Å². The third kappa shape index (κ3) is 4.69. The van der Waals surface area contributed by atoms with Gasteiger partial charge in [-0.05, 0) is 66.8 Å². The van der Waals surface area contributed by atoms with Crippen molar-refractivity contribution in [2.45, 2.75) is 19.3 Å². The predicted molar refractivity (Wildman–Crippen MR) is 100 cm³/mol. The van der Waals surface area contributed by atoms with Gasteiger partial charge in [-0.25, -0.2) is 0 Å². The van der Waals surface area contributed by atoms with E-state index in [1.165, 1.54) is 17.5 Å². The molecule has 138 valence electrons. The van der Waals surface area contributed by atoms with Gasteiger partial charge < -0.3 is 19.1 Å². The number of carbonyl (C=O) groups is 1. The molecular weight excluding hydrogens is 330 g/mol. The van der Waals surface area contributed by atoms with Crippen LogP contribution in [0.4, 0.5) is 0 Å². The molecule has 0 aromatic heterocycles. The van der Waals surface area contributed by atoms with E-state index in [0.717, 1.165) is 30.1 Å². The van der Waals surface area contributed by atoms with Crippen molar-refractivity contribution in [2.75, 3.05) is 33.9 Å². The standard InChI is InChI=1S/C21H25NO4/c1-22(12-13-25-19-10-8-18(24-2)9-11-19)21(23)15-26-20-7-6-16-4-3-5-17(16)14-20/h6-11,14H,3-5,12-13,15H2,1-2H3. The number of hydrogen-bond acceptors (Lipinski definition) is 4. The topological polar surface area (TPSA) is 48.0 Å². The molecule has 2 aromatic carbocycles. The average molecular weight is 355 g/mol. The highest BCUT2D eigenvalue weighted by Gasteiger charge is 2.13. The Labute approximate surface area is 154 Å².